The van der Waals surface area contributed by atoms with Gasteiger partial charge in [0.25, 0.3) is 0 Å². The van der Waals surface area contributed by atoms with Crippen LogP contribution < -0.4 is 0 Å². The highest BCUT2D eigenvalue weighted by molar-refractivity contribution is 6.29. The third-order valence-electron chi connectivity index (χ3n) is 2.28. The van der Waals surface area contributed by atoms with Gasteiger partial charge in [-0.2, -0.15) is 0 Å². The molecule has 4 nitrogen and oxygen atoms in total. The second kappa shape index (κ2) is 4.43. The van der Waals surface area contributed by atoms with E-state index in [1.54, 1.807) is 12.1 Å². The Morgan fingerprint density at radius 3 is 2.47 bits per heavy atom. The summed E-state index contributed by atoms with van der Waals surface area (Å²) >= 11 is 5.66. The van der Waals surface area contributed by atoms with Crippen LogP contribution in [0.15, 0.2) is 36.5 Å². The quantitative estimate of drug-likeness (QED) is 0.803. The maximum Gasteiger partial charge on any atom is 0.336 e. The Balaban J connectivity index is 2.58. The minimum Gasteiger partial charge on any atom is -0.508 e. The monoisotopic (exact) mass is 249 g/mol. The fourth-order valence-electron chi connectivity index (χ4n) is 1.48. The number of phenols is 1. The van der Waals surface area contributed by atoms with Crippen LogP contribution in [0.1, 0.15) is 10.4 Å². The van der Waals surface area contributed by atoms with Crippen LogP contribution in [0.4, 0.5) is 0 Å². The first kappa shape index (κ1) is 11.4. The van der Waals surface area contributed by atoms with Gasteiger partial charge in [0.2, 0.25) is 0 Å². The van der Waals surface area contributed by atoms with Gasteiger partial charge in [0.15, 0.2) is 0 Å². The number of carbonyl (C=O) groups is 1. The molecule has 2 N–H and O–H groups in total. The second-order valence-electron chi connectivity index (χ2n) is 3.40. The highest BCUT2D eigenvalue weighted by Gasteiger charge is 2.13. The molecule has 0 unspecified atom stereocenters. The fraction of sp³-hybridized carbons (Fsp3) is 0. The lowest BCUT2D eigenvalue weighted by molar-refractivity contribution is 0.0697. The predicted octanol–water partition coefficient (Wildman–Crippen LogP) is 2.81. The van der Waals surface area contributed by atoms with Crippen LogP contribution in [-0.2, 0) is 0 Å². The zero-order valence-electron chi connectivity index (χ0n) is 8.59. The molecule has 0 saturated carbocycles. The SMILES string of the molecule is O=C(O)c1cc(Cl)ncc1-c1ccc(O)cc1. The Morgan fingerprint density at radius 1 is 1.24 bits per heavy atom. The summed E-state index contributed by atoms with van der Waals surface area (Å²) < 4.78 is 0. The highest BCUT2D eigenvalue weighted by Crippen LogP contribution is 2.26. The molecule has 5 heteroatoms. The van der Waals surface area contributed by atoms with Gasteiger partial charge in [-0.25, -0.2) is 9.78 Å². The molecular weight excluding hydrogens is 242 g/mol. The summed E-state index contributed by atoms with van der Waals surface area (Å²) in [5.74, 6) is -0.954. The average molecular weight is 250 g/mol. The molecule has 0 aliphatic carbocycles. The number of pyridine rings is 1. The van der Waals surface area contributed by atoms with Crippen molar-refractivity contribution >= 4 is 17.6 Å². The number of aromatic nitrogens is 1. The van der Waals surface area contributed by atoms with Gasteiger partial charge in [-0.15, -0.1) is 0 Å². The first-order valence-electron chi connectivity index (χ1n) is 4.76. The van der Waals surface area contributed by atoms with E-state index in [1.807, 2.05) is 0 Å². The zero-order valence-corrected chi connectivity index (χ0v) is 9.35. The smallest absolute Gasteiger partial charge is 0.336 e. The first-order valence-corrected chi connectivity index (χ1v) is 5.14. The minimum absolute atomic E-state index is 0.0793. The first-order chi connectivity index (χ1) is 8.08. The molecule has 0 fully saturated rings. The molecular formula is C12H8ClNO3. The molecule has 17 heavy (non-hydrogen) atoms. The van der Waals surface area contributed by atoms with Crippen molar-refractivity contribution < 1.29 is 15.0 Å². The summed E-state index contributed by atoms with van der Waals surface area (Å²) in [5.41, 5.74) is 1.20. The molecule has 2 rings (SSSR count). The van der Waals surface area contributed by atoms with E-state index in [-0.39, 0.29) is 16.5 Å². The van der Waals surface area contributed by atoms with E-state index in [0.717, 1.165) is 0 Å². The number of phenolic OH excluding ortho intramolecular Hbond substituents is 1. The summed E-state index contributed by atoms with van der Waals surface area (Å²) in [4.78, 5) is 14.9. The number of halogens is 1. The molecule has 0 radical (unpaired) electrons. The van der Waals surface area contributed by atoms with Gasteiger partial charge in [0.1, 0.15) is 10.9 Å². The van der Waals surface area contributed by atoms with Crippen LogP contribution in [0.25, 0.3) is 11.1 Å². The van der Waals surface area contributed by atoms with E-state index in [0.29, 0.717) is 11.1 Å². The number of aromatic carboxylic acids is 1. The van der Waals surface area contributed by atoms with Crippen molar-refractivity contribution in [1.29, 1.82) is 0 Å². The van der Waals surface area contributed by atoms with E-state index in [4.69, 9.17) is 16.7 Å². The summed E-state index contributed by atoms with van der Waals surface area (Å²) in [6.07, 6.45) is 1.40. The third kappa shape index (κ3) is 2.37. The Hall–Kier alpha value is -2.07. The lowest BCUT2D eigenvalue weighted by Crippen LogP contribution is -2.00. The van der Waals surface area contributed by atoms with E-state index in [9.17, 15) is 9.90 Å². The molecule has 0 aliphatic rings. The Labute approximate surface area is 102 Å². The molecule has 0 atom stereocenters. The van der Waals surface area contributed by atoms with Crippen LogP contribution in [0.5, 0.6) is 5.75 Å². The van der Waals surface area contributed by atoms with Crippen molar-refractivity contribution in [3.8, 4) is 16.9 Å². The maximum atomic E-state index is 11.1. The predicted molar refractivity (Wildman–Crippen MR) is 63.3 cm³/mol. The molecule has 0 bridgehead atoms. The lowest BCUT2D eigenvalue weighted by atomic mass is 10.0. The lowest BCUT2D eigenvalue weighted by Gasteiger charge is -2.06. The number of carboxylic acid groups (broad SMARTS) is 1. The molecule has 86 valence electrons. The van der Waals surface area contributed by atoms with Crippen molar-refractivity contribution in [2.24, 2.45) is 0 Å². The van der Waals surface area contributed by atoms with Crippen molar-refractivity contribution in [2.75, 3.05) is 0 Å². The van der Waals surface area contributed by atoms with Gasteiger partial charge in [-0.1, -0.05) is 23.7 Å². The van der Waals surface area contributed by atoms with Crippen molar-refractivity contribution in [2.45, 2.75) is 0 Å². The van der Waals surface area contributed by atoms with Gasteiger partial charge >= 0.3 is 5.97 Å². The Morgan fingerprint density at radius 2 is 1.88 bits per heavy atom. The number of benzene rings is 1. The van der Waals surface area contributed by atoms with Crippen LogP contribution in [0.3, 0.4) is 0 Å². The number of nitrogens with zero attached hydrogens (tertiary/aromatic N) is 1. The van der Waals surface area contributed by atoms with E-state index >= 15 is 0 Å². The Bertz CT molecular complexity index is 566. The summed E-state index contributed by atoms with van der Waals surface area (Å²) in [6, 6.07) is 7.50. The number of rotatable bonds is 2. The summed E-state index contributed by atoms with van der Waals surface area (Å²) in [7, 11) is 0. The maximum absolute atomic E-state index is 11.1. The van der Waals surface area contributed by atoms with Crippen molar-refractivity contribution in [1.82, 2.24) is 4.98 Å². The van der Waals surface area contributed by atoms with Crippen molar-refractivity contribution in [3.05, 3.63) is 47.2 Å². The molecule has 0 aliphatic heterocycles. The molecule has 0 spiro atoms. The fourth-order valence-corrected chi connectivity index (χ4v) is 1.64. The zero-order chi connectivity index (χ0) is 12.4. The normalized spacial score (nSPS) is 10.2. The van der Waals surface area contributed by atoms with Crippen molar-refractivity contribution in [3.63, 3.8) is 0 Å². The molecule has 1 aromatic heterocycles. The van der Waals surface area contributed by atoms with Gasteiger partial charge < -0.3 is 10.2 Å². The molecule has 1 heterocycles. The minimum atomic E-state index is -1.07. The topological polar surface area (TPSA) is 70.4 Å². The molecule has 2 aromatic rings. The highest BCUT2D eigenvalue weighted by atomic mass is 35.5. The Kier molecular flexibility index (Phi) is 2.97. The average Bonchev–Trinajstić information content (AvgIpc) is 2.30. The molecule has 0 saturated heterocycles. The van der Waals surface area contributed by atoms with E-state index in [2.05, 4.69) is 4.98 Å². The van der Waals surface area contributed by atoms with Crippen LogP contribution in [-0.4, -0.2) is 21.2 Å². The molecule has 1 aromatic carbocycles. The van der Waals surface area contributed by atoms with Gasteiger partial charge in [0.05, 0.1) is 5.56 Å². The largest absolute Gasteiger partial charge is 0.508 e. The van der Waals surface area contributed by atoms with Crippen LogP contribution >= 0.6 is 11.6 Å². The van der Waals surface area contributed by atoms with Gasteiger partial charge in [-0.05, 0) is 23.8 Å². The van der Waals surface area contributed by atoms with Crippen LogP contribution in [0, 0.1) is 0 Å². The molecule has 0 amide bonds. The van der Waals surface area contributed by atoms with E-state index < -0.39 is 5.97 Å². The van der Waals surface area contributed by atoms with Gasteiger partial charge in [-0.3, -0.25) is 0 Å². The number of carboxylic acids is 1. The summed E-state index contributed by atoms with van der Waals surface area (Å²) in [6.45, 7) is 0. The standard InChI is InChI=1S/C12H8ClNO3/c13-11-5-9(12(16)17)10(6-14-11)7-1-3-8(15)4-2-7/h1-6,15H,(H,16,17). The number of aromatic hydroxyl groups is 1. The third-order valence-corrected chi connectivity index (χ3v) is 2.49. The second-order valence-corrected chi connectivity index (χ2v) is 3.79. The van der Waals surface area contributed by atoms with E-state index in [1.165, 1.54) is 24.4 Å². The number of hydrogen-bond acceptors (Lipinski definition) is 3. The van der Waals surface area contributed by atoms with Gasteiger partial charge in [0, 0.05) is 11.8 Å². The number of hydrogen-bond donors (Lipinski definition) is 2. The summed E-state index contributed by atoms with van der Waals surface area (Å²) in [5, 5.41) is 18.4. The van der Waals surface area contributed by atoms with Crippen LogP contribution in [0.2, 0.25) is 5.15 Å².